The summed E-state index contributed by atoms with van der Waals surface area (Å²) in [7, 11) is 0. The Kier molecular flexibility index (Phi) is 3.56. The number of aromatic nitrogens is 1. The number of pyridine rings is 1. The standard InChI is InChI=1S/C19H19N3O2/c1-13(23)21-8-7-16-15(12-21)10-20-11-17(16)19(24)22-9-6-14-4-2-3-5-18(14)22/h2-5,10-11H,6-9,12H2,1H3. The minimum absolute atomic E-state index is 0.0144. The molecule has 24 heavy (non-hydrogen) atoms. The quantitative estimate of drug-likeness (QED) is 0.809. The van der Waals surface area contributed by atoms with Crippen LogP contribution in [0.1, 0.15) is 34.0 Å². The molecule has 0 saturated carbocycles. The Morgan fingerprint density at radius 3 is 2.71 bits per heavy atom. The van der Waals surface area contributed by atoms with Crippen LogP contribution in [0.25, 0.3) is 0 Å². The molecule has 5 nitrogen and oxygen atoms in total. The van der Waals surface area contributed by atoms with Crippen molar-refractivity contribution >= 4 is 17.5 Å². The number of benzene rings is 1. The molecule has 0 atom stereocenters. The number of hydrogen-bond acceptors (Lipinski definition) is 3. The largest absolute Gasteiger partial charge is 0.338 e. The minimum atomic E-state index is 0.0144. The van der Waals surface area contributed by atoms with Crippen molar-refractivity contribution in [1.29, 1.82) is 0 Å². The number of fused-ring (bicyclic) bond motifs is 2. The molecule has 122 valence electrons. The molecule has 0 unspecified atom stereocenters. The monoisotopic (exact) mass is 321 g/mol. The van der Waals surface area contributed by atoms with E-state index in [1.165, 1.54) is 5.56 Å². The van der Waals surface area contributed by atoms with Crippen molar-refractivity contribution in [3.63, 3.8) is 0 Å². The van der Waals surface area contributed by atoms with Gasteiger partial charge >= 0.3 is 0 Å². The number of amides is 2. The molecule has 2 aliphatic rings. The fourth-order valence-electron chi connectivity index (χ4n) is 3.64. The van der Waals surface area contributed by atoms with Crippen molar-refractivity contribution in [3.8, 4) is 0 Å². The summed E-state index contributed by atoms with van der Waals surface area (Å²) in [6.45, 7) is 3.48. The predicted molar refractivity (Wildman–Crippen MR) is 90.9 cm³/mol. The third-order valence-electron chi connectivity index (χ3n) is 4.95. The van der Waals surface area contributed by atoms with Gasteiger partial charge in [0.1, 0.15) is 0 Å². The van der Waals surface area contributed by atoms with E-state index in [-0.39, 0.29) is 11.8 Å². The van der Waals surface area contributed by atoms with Gasteiger partial charge < -0.3 is 9.80 Å². The van der Waals surface area contributed by atoms with Crippen molar-refractivity contribution in [2.75, 3.05) is 18.0 Å². The van der Waals surface area contributed by atoms with Gasteiger partial charge in [0, 0.05) is 44.6 Å². The molecule has 0 bridgehead atoms. The first-order valence-corrected chi connectivity index (χ1v) is 8.26. The SMILES string of the molecule is CC(=O)N1CCc2c(cncc2C(=O)N2CCc3ccccc32)C1. The first kappa shape index (κ1) is 14.9. The van der Waals surface area contributed by atoms with Crippen molar-refractivity contribution in [3.05, 3.63) is 58.9 Å². The molecule has 3 heterocycles. The summed E-state index contributed by atoms with van der Waals surface area (Å²) in [6, 6.07) is 8.05. The summed E-state index contributed by atoms with van der Waals surface area (Å²) in [6.07, 6.45) is 5.04. The lowest BCUT2D eigenvalue weighted by Crippen LogP contribution is -2.36. The van der Waals surface area contributed by atoms with E-state index in [1.807, 2.05) is 23.1 Å². The van der Waals surface area contributed by atoms with Crippen molar-refractivity contribution in [2.45, 2.75) is 26.3 Å². The summed E-state index contributed by atoms with van der Waals surface area (Å²) in [5, 5.41) is 0. The summed E-state index contributed by atoms with van der Waals surface area (Å²) in [5.74, 6) is 0.0754. The van der Waals surface area contributed by atoms with E-state index >= 15 is 0 Å². The first-order valence-electron chi connectivity index (χ1n) is 8.26. The zero-order valence-electron chi connectivity index (χ0n) is 13.7. The Labute approximate surface area is 140 Å². The van der Waals surface area contributed by atoms with Gasteiger partial charge in [-0.3, -0.25) is 14.6 Å². The first-order chi connectivity index (χ1) is 11.6. The molecule has 2 aliphatic heterocycles. The lowest BCUT2D eigenvalue weighted by molar-refractivity contribution is -0.129. The van der Waals surface area contributed by atoms with Crippen LogP contribution in [0.5, 0.6) is 0 Å². The van der Waals surface area contributed by atoms with E-state index in [2.05, 4.69) is 11.1 Å². The van der Waals surface area contributed by atoms with Crippen molar-refractivity contribution in [1.82, 2.24) is 9.88 Å². The number of anilines is 1. The second-order valence-electron chi connectivity index (χ2n) is 6.35. The molecular formula is C19H19N3O2. The van der Waals surface area contributed by atoms with Crippen LogP contribution in [0.2, 0.25) is 0 Å². The molecular weight excluding hydrogens is 302 g/mol. The molecule has 0 spiro atoms. The van der Waals surface area contributed by atoms with E-state index in [9.17, 15) is 9.59 Å². The zero-order valence-corrected chi connectivity index (χ0v) is 13.7. The Hall–Kier alpha value is -2.69. The maximum atomic E-state index is 13.1. The van der Waals surface area contributed by atoms with Crippen molar-refractivity contribution in [2.24, 2.45) is 0 Å². The Bertz CT molecular complexity index is 831. The summed E-state index contributed by atoms with van der Waals surface area (Å²) in [5.41, 5.74) is 4.91. The van der Waals surface area contributed by atoms with Crippen LogP contribution in [0.3, 0.4) is 0 Å². The van der Waals surface area contributed by atoms with E-state index in [4.69, 9.17) is 0 Å². The van der Waals surface area contributed by atoms with Crippen LogP contribution >= 0.6 is 0 Å². The lowest BCUT2D eigenvalue weighted by Gasteiger charge is -2.29. The van der Waals surface area contributed by atoms with Gasteiger partial charge in [0.15, 0.2) is 0 Å². The Balaban J connectivity index is 1.68. The molecule has 4 rings (SSSR count). The van der Waals surface area contributed by atoms with Crippen LogP contribution in [0.15, 0.2) is 36.7 Å². The van der Waals surface area contributed by atoms with Crippen LogP contribution < -0.4 is 4.90 Å². The highest BCUT2D eigenvalue weighted by atomic mass is 16.2. The van der Waals surface area contributed by atoms with Crippen LogP contribution in [-0.2, 0) is 24.2 Å². The molecule has 2 aromatic rings. The molecule has 2 amide bonds. The summed E-state index contributed by atoms with van der Waals surface area (Å²) >= 11 is 0. The summed E-state index contributed by atoms with van der Waals surface area (Å²) in [4.78, 5) is 32.6. The fourth-order valence-corrected chi connectivity index (χ4v) is 3.64. The average molecular weight is 321 g/mol. The van der Waals surface area contributed by atoms with Gasteiger partial charge in [-0.1, -0.05) is 18.2 Å². The van der Waals surface area contributed by atoms with Gasteiger partial charge in [-0.05, 0) is 35.6 Å². The van der Waals surface area contributed by atoms with Crippen molar-refractivity contribution < 1.29 is 9.59 Å². The molecule has 0 fully saturated rings. The van der Waals surface area contributed by atoms with Gasteiger partial charge in [0.25, 0.3) is 5.91 Å². The maximum absolute atomic E-state index is 13.1. The number of carbonyl (C=O) groups excluding carboxylic acids is 2. The van der Waals surface area contributed by atoms with Crippen LogP contribution in [0, 0.1) is 0 Å². The normalized spacial score (nSPS) is 15.9. The van der Waals surface area contributed by atoms with Gasteiger partial charge in [-0.2, -0.15) is 0 Å². The minimum Gasteiger partial charge on any atom is -0.338 e. The predicted octanol–water partition coefficient (Wildman–Crippen LogP) is 2.19. The molecule has 5 heteroatoms. The maximum Gasteiger partial charge on any atom is 0.260 e. The van der Waals surface area contributed by atoms with E-state index in [0.29, 0.717) is 31.6 Å². The van der Waals surface area contributed by atoms with Gasteiger partial charge in [0.05, 0.1) is 5.56 Å². The highest BCUT2D eigenvalue weighted by molar-refractivity contribution is 6.08. The molecule has 1 aromatic heterocycles. The molecule has 0 aliphatic carbocycles. The third kappa shape index (κ3) is 2.37. The molecule has 1 aromatic carbocycles. The number of para-hydroxylation sites is 1. The second-order valence-corrected chi connectivity index (χ2v) is 6.35. The second kappa shape index (κ2) is 5.74. The average Bonchev–Trinajstić information content (AvgIpc) is 3.04. The van der Waals surface area contributed by atoms with Crippen LogP contribution in [-0.4, -0.2) is 34.8 Å². The number of carbonyl (C=O) groups is 2. The van der Waals surface area contributed by atoms with E-state index < -0.39 is 0 Å². The Morgan fingerprint density at radius 2 is 1.88 bits per heavy atom. The van der Waals surface area contributed by atoms with Gasteiger partial charge in [-0.25, -0.2) is 0 Å². The zero-order chi connectivity index (χ0) is 16.7. The molecule has 0 N–H and O–H groups in total. The number of rotatable bonds is 1. The van der Waals surface area contributed by atoms with Gasteiger partial charge in [-0.15, -0.1) is 0 Å². The number of nitrogens with zero attached hydrogens (tertiary/aromatic N) is 3. The van der Waals surface area contributed by atoms with Crippen LogP contribution in [0.4, 0.5) is 5.69 Å². The lowest BCUT2D eigenvalue weighted by atomic mass is 9.96. The fraction of sp³-hybridized carbons (Fsp3) is 0.316. The van der Waals surface area contributed by atoms with Gasteiger partial charge in [0.2, 0.25) is 5.91 Å². The van der Waals surface area contributed by atoms with E-state index in [0.717, 1.165) is 23.2 Å². The highest BCUT2D eigenvalue weighted by Gasteiger charge is 2.29. The topological polar surface area (TPSA) is 53.5 Å². The Morgan fingerprint density at radius 1 is 1.04 bits per heavy atom. The molecule has 0 radical (unpaired) electrons. The smallest absolute Gasteiger partial charge is 0.260 e. The molecule has 0 saturated heterocycles. The summed E-state index contributed by atoms with van der Waals surface area (Å²) < 4.78 is 0. The third-order valence-corrected chi connectivity index (χ3v) is 4.95. The number of hydrogen-bond donors (Lipinski definition) is 0. The highest BCUT2D eigenvalue weighted by Crippen LogP contribution is 2.30. The van der Waals surface area contributed by atoms with E-state index in [1.54, 1.807) is 24.2 Å².